The highest BCUT2D eigenvalue weighted by Gasteiger charge is 2.30. The van der Waals surface area contributed by atoms with Crippen molar-refractivity contribution in [1.29, 1.82) is 0 Å². The molecule has 1 aromatic rings. The third kappa shape index (κ3) is 5.15. The molecule has 9 nitrogen and oxygen atoms in total. The van der Waals surface area contributed by atoms with Gasteiger partial charge in [0.15, 0.2) is 12.6 Å². The number of ether oxygens (including phenoxy) is 2. The lowest BCUT2D eigenvalue weighted by Gasteiger charge is -2.36. The highest BCUT2D eigenvalue weighted by Crippen LogP contribution is 2.31. The largest absolute Gasteiger partial charge is 0.482 e. The monoisotopic (exact) mass is 443 g/mol. The Kier molecular flexibility index (Phi) is 7.47. The van der Waals surface area contributed by atoms with Crippen molar-refractivity contribution in [2.24, 2.45) is 10.9 Å². The summed E-state index contributed by atoms with van der Waals surface area (Å²) in [6, 6.07) is 7.64. The maximum Gasteiger partial charge on any atom is 0.265 e. The van der Waals surface area contributed by atoms with E-state index in [2.05, 4.69) is 15.2 Å². The van der Waals surface area contributed by atoms with Crippen molar-refractivity contribution in [3.05, 3.63) is 24.3 Å². The Hall–Kier alpha value is -2.81. The van der Waals surface area contributed by atoms with E-state index in [0.29, 0.717) is 39.4 Å². The first kappa shape index (κ1) is 22.4. The van der Waals surface area contributed by atoms with Gasteiger partial charge in [-0.1, -0.05) is 12.1 Å². The minimum absolute atomic E-state index is 0.0138. The molecule has 174 valence electrons. The second kappa shape index (κ2) is 10.7. The molecule has 1 aromatic carbocycles. The van der Waals surface area contributed by atoms with Crippen molar-refractivity contribution in [1.82, 2.24) is 15.1 Å². The zero-order chi connectivity index (χ0) is 22.3. The summed E-state index contributed by atoms with van der Waals surface area (Å²) in [4.78, 5) is 35.4. The number of hydrogen-bond acceptors (Lipinski definition) is 5. The quantitative estimate of drug-likeness (QED) is 0.414. The Bertz CT molecular complexity index is 831. The number of aliphatic imine (C=N–C) groups is 1. The molecule has 0 bridgehead atoms. The molecule has 4 rings (SSSR count). The highest BCUT2D eigenvalue weighted by molar-refractivity contribution is 5.97. The molecule has 0 unspecified atom stereocenters. The van der Waals surface area contributed by atoms with E-state index in [0.717, 1.165) is 49.7 Å². The Morgan fingerprint density at radius 3 is 2.62 bits per heavy atom. The van der Waals surface area contributed by atoms with Crippen molar-refractivity contribution in [2.75, 3.05) is 71.0 Å². The van der Waals surface area contributed by atoms with E-state index >= 15 is 0 Å². The molecule has 3 heterocycles. The molecule has 3 aliphatic rings. The van der Waals surface area contributed by atoms with Crippen molar-refractivity contribution in [3.8, 4) is 5.75 Å². The molecular weight excluding hydrogens is 410 g/mol. The number of nitrogens with zero attached hydrogens (tertiary/aromatic N) is 4. The van der Waals surface area contributed by atoms with Gasteiger partial charge in [-0.05, 0) is 31.4 Å². The highest BCUT2D eigenvalue weighted by atomic mass is 16.5. The molecule has 32 heavy (non-hydrogen) atoms. The molecule has 1 N–H and O–H groups in total. The molecule has 2 saturated heterocycles. The second-order valence-corrected chi connectivity index (χ2v) is 8.33. The summed E-state index contributed by atoms with van der Waals surface area (Å²) in [6.07, 6.45) is 2.48. The number of amides is 2. The van der Waals surface area contributed by atoms with Gasteiger partial charge in [0, 0.05) is 52.2 Å². The summed E-state index contributed by atoms with van der Waals surface area (Å²) in [6.45, 7) is 5.75. The van der Waals surface area contributed by atoms with Crippen molar-refractivity contribution in [3.63, 3.8) is 0 Å². The minimum atomic E-state index is -0.0138. The minimum Gasteiger partial charge on any atom is -0.482 e. The van der Waals surface area contributed by atoms with Crippen LogP contribution in [0.15, 0.2) is 29.3 Å². The molecule has 0 saturated carbocycles. The van der Waals surface area contributed by atoms with Gasteiger partial charge in [0.2, 0.25) is 5.91 Å². The van der Waals surface area contributed by atoms with Crippen LogP contribution in [0.2, 0.25) is 0 Å². The molecule has 2 fully saturated rings. The molecule has 0 aromatic heterocycles. The SMILES string of the molecule is CN=C(NCCCN1C(=O)COc2ccccc21)N1CCC(C(=O)N2CCOCC2)CC1. The number of likely N-dealkylation sites (tertiary alicyclic amines) is 1. The molecule has 0 atom stereocenters. The fourth-order valence-corrected chi connectivity index (χ4v) is 4.55. The van der Waals surface area contributed by atoms with Gasteiger partial charge in [0.05, 0.1) is 18.9 Å². The Morgan fingerprint density at radius 2 is 1.88 bits per heavy atom. The topological polar surface area (TPSA) is 86.7 Å². The van der Waals surface area contributed by atoms with Gasteiger partial charge in [-0.3, -0.25) is 14.6 Å². The van der Waals surface area contributed by atoms with Crippen LogP contribution >= 0.6 is 0 Å². The summed E-state index contributed by atoms with van der Waals surface area (Å²) >= 11 is 0. The zero-order valence-corrected chi connectivity index (χ0v) is 18.8. The number of nitrogens with one attached hydrogen (secondary N) is 1. The average Bonchev–Trinajstić information content (AvgIpc) is 2.85. The van der Waals surface area contributed by atoms with Crippen LogP contribution in [0.25, 0.3) is 0 Å². The number of carbonyl (C=O) groups excluding carboxylic acids is 2. The molecule has 3 aliphatic heterocycles. The maximum atomic E-state index is 12.7. The normalized spacial score (nSPS) is 20.1. The van der Waals surface area contributed by atoms with Gasteiger partial charge in [-0.15, -0.1) is 0 Å². The third-order valence-corrected chi connectivity index (χ3v) is 6.33. The van der Waals surface area contributed by atoms with Crippen LogP contribution in [0.3, 0.4) is 0 Å². The third-order valence-electron chi connectivity index (χ3n) is 6.33. The fourth-order valence-electron chi connectivity index (χ4n) is 4.55. The smallest absolute Gasteiger partial charge is 0.265 e. The van der Waals surface area contributed by atoms with Crippen molar-refractivity contribution < 1.29 is 19.1 Å². The zero-order valence-electron chi connectivity index (χ0n) is 18.8. The van der Waals surface area contributed by atoms with E-state index in [-0.39, 0.29) is 24.3 Å². The summed E-state index contributed by atoms with van der Waals surface area (Å²) in [5.41, 5.74) is 0.833. The first-order valence-electron chi connectivity index (χ1n) is 11.5. The lowest BCUT2D eigenvalue weighted by atomic mass is 9.95. The van der Waals surface area contributed by atoms with Crippen molar-refractivity contribution in [2.45, 2.75) is 19.3 Å². The van der Waals surface area contributed by atoms with E-state index in [4.69, 9.17) is 9.47 Å². The van der Waals surface area contributed by atoms with Gasteiger partial charge in [-0.2, -0.15) is 0 Å². The van der Waals surface area contributed by atoms with E-state index in [1.807, 2.05) is 29.2 Å². The summed E-state index contributed by atoms with van der Waals surface area (Å²) in [7, 11) is 1.79. The summed E-state index contributed by atoms with van der Waals surface area (Å²) in [5.74, 6) is 1.96. The number of carbonyl (C=O) groups is 2. The first-order chi connectivity index (χ1) is 15.7. The van der Waals surface area contributed by atoms with Gasteiger partial charge >= 0.3 is 0 Å². The Labute approximate surface area is 189 Å². The van der Waals surface area contributed by atoms with Gasteiger partial charge in [0.25, 0.3) is 5.91 Å². The lowest BCUT2D eigenvalue weighted by molar-refractivity contribution is -0.140. The number of fused-ring (bicyclic) bond motifs is 1. The van der Waals surface area contributed by atoms with Crippen LogP contribution in [0, 0.1) is 5.92 Å². The molecule has 0 aliphatic carbocycles. The maximum absolute atomic E-state index is 12.7. The standard InChI is InChI=1S/C23H33N5O4/c1-24-23(27-11-7-18(8-12-27)22(30)26-13-15-31-16-14-26)25-9-4-10-28-19-5-2-3-6-20(19)32-17-21(28)29/h2-3,5-6,18H,4,7-17H2,1H3,(H,24,25). The number of morpholine rings is 1. The Balaban J connectivity index is 1.21. The molecule has 0 spiro atoms. The number of para-hydroxylation sites is 2. The Morgan fingerprint density at radius 1 is 1.12 bits per heavy atom. The van der Waals surface area contributed by atoms with Crippen molar-refractivity contribution >= 4 is 23.5 Å². The number of guanidine groups is 1. The summed E-state index contributed by atoms with van der Waals surface area (Å²) < 4.78 is 10.9. The molecule has 9 heteroatoms. The first-order valence-corrected chi connectivity index (χ1v) is 11.5. The van der Waals surface area contributed by atoms with Crippen LogP contribution in [0.4, 0.5) is 5.69 Å². The van der Waals surface area contributed by atoms with Crippen LogP contribution in [0.1, 0.15) is 19.3 Å². The predicted octanol–water partition coefficient (Wildman–Crippen LogP) is 0.948. The number of rotatable bonds is 5. The fraction of sp³-hybridized carbons (Fsp3) is 0.609. The van der Waals surface area contributed by atoms with Crippen LogP contribution in [0.5, 0.6) is 5.75 Å². The van der Waals surface area contributed by atoms with Gasteiger partial charge in [-0.25, -0.2) is 0 Å². The van der Waals surface area contributed by atoms with Crippen LogP contribution in [-0.4, -0.2) is 93.7 Å². The van der Waals surface area contributed by atoms with Crippen LogP contribution < -0.4 is 15.0 Å². The van der Waals surface area contributed by atoms with E-state index in [1.54, 1.807) is 11.9 Å². The van der Waals surface area contributed by atoms with Gasteiger partial charge in [0.1, 0.15) is 5.75 Å². The number of anilines is 1. The average molecular weight is 444 g/mol. The second-order valence-electron chi connectivity index (χ2n) is 8.33. The number of benzene rings is 1. The van der Waals surface area contributed by atoms with Crippen LogP contribution in [-0.2, 0) is 14.3 Å². The number of piperidine rings is 1. The predicted molar refractivity (Wildman–Crippen MR) is 122 cm³/mol. The lowest BCUT2D eigenvalue weighted by Crippen LogP contribution is -2.50. The molecule has 0 radical (unpaired) electrons. The van der Waals surface area contributed by atoms with Gasteiger partial charge < -0.3 is 29.5 Å². The molecule has 2 amide bonds. The van der Waals surface area contributed by atoms with E-state index < -0.39 is 0 Å². The molecular formula is C23H33N5O4. The van der Waals surface area contributed by atoms with E-state index in [9.17, 15) is 9.59 Å². The number of hydrogen-bond donors (Lipinski definition) is 1. The van der Waals surface area contributed by atoms with E-state index in [1.165, 1.54) is 0 Å². The summed E-state index contributed by atoms with van der Waals surface area (Å²) in [5, 5.41) is 3.42.